The fraction of sp³-hybridized carbons (Fsp3) is 0.225. The van der Waals surface area contributed by atoms with Gasteiger partial charge in [0, 0.05) is 65.5 Å². The first-order valence-electron chi connectivity index (χ1n) is 30.7. The second-order valence-corrected chi connectivity index (χ2v) is 30.1. The first kappa shape index (κ1) is 52.2. The molecular formula is C80H72BN3S. The number of benzene rings is 10. The standard InChI is InChI=1S/C80H72BN3S/c1-47-38-68-71-69(39-47)84(55-44-51(78(8,9)10)41-52(45-55)79(11,12)13)73-70-61-29-17-21-31-63(61)80(62-30-20-16-26-57(62)58-36-35-53(46-64(58)80)82-66-32-22-18-27-59(66)60-28-19-23-33-67(60)82)74(70)85-75(73)81(71)65-37-34-48-24-14-15-25-56(48)72(65)83(68)54-42-49(76(2,3)4)40-50(43-54)77(5,6)7/h14-46H,1-13H3. The minimum absolute atomic E-state index is 0.0756. The summed E-state index contributed by atoms with van der Waals surface area (Å²) < 4.78 is 3.91. The normalized spacial score (nSPS) is 15.8. The Balaban J connectivity index is 1.06. The molecule has 1 atom stereocenters. The molecule has 0 N–H and O–H groups in total. The van der Waals surface area contributed by atoms with Crippen LogP contribution in [0.25, 0.3) is 60.5 Å². The van der Waals surface area contributed by atoms with Crippen molar-refractivity contribution in [2.24, 2.45) is 0 Å². The Hall–Kier alpha value is -8.38. The van der Waals surface area contributed by atoms with Gasteiger partial charge in [0.1, 0.15) is 0 Å². The van der Waals surface area contributed by atoms with Crippen LogP contribution in [0.1, 0.15) is 132 Å². The molecule has 3 nitrogen and oxygen atoms in total. The molecule has 0 saturated heterocycles. The molecule has 0 saturated carbocycles. The zero-order valence-corrected chi connectivity index (χ0v) is 52.2. The maximum atomic E-state index is 2.76. The lowest BCUT2D eigenvalue weighted by molar-refractivity contribution is 0.568. The number of rotatable bonds is 3. The van der Waals surface area contributed by atoms with Crippen LogP contribution >= 0.6 is 11.3 Å². The summed E-state index contributed by atoms with van der Waals surface area (Å²) in [6.07, 6.45) is 0. The number of anilines is 6. The lowest BCUT2D eigenvalue weighted by atomic mass is 9.36. The van der Waals surface area contributed by atoms with E-state index in [0.29, 0.717) is 0 Å². The van der Waals surface area contributed by atoms with Gasteiger partial charge in [0.05, 0.1) is 22.1 Å². The maximum absolute atomic E-state index is 2.76. The fourth-order valence-electron chi connectivity index (χ4n) is 15.3. The van der Waals surface area contributed by atoms with E-state index < -0.39 is 5.41 Å². The molecule has 2 aromatic heterocycles. The van der Waals surface area contributed by atoms with Crippen LogP contribution in [0.4, 0.5) is 34.1 Å². The Bertz CT molecular complexity index is 4750. The minimum atomic E-state index is -0.612. The number of fused-ring (bicyclic) bond motifs is 20. The third-order valence-electron chi connectivity index (χ3n) is 19.5. The van der Waals surface area contributed by atoms with Crippen LogP contribution in [0.5, 0.6) is 0 Å². The van der Waals surface area contributed by atoms with E-state index in [0.717, 1.165) is 0 Å². The van der Waals surface area contributed by atoms with Gasteiger partial charge in [0.15, 0.2) is 0 Å². The van der Waals surface area contributed by atoms with Crippen molar-refractivity contribution >= 4 is 100 Å². The average Bonchev–Trinajstić information content (AvgIpc) is 1.53. The molecule has 0 fully saturated rings. The van der Waals surface area contributed by atoms with Gasteiger partial charge in [0.25, 0.3) is 6.71 Å². The van der Waals surface area contributed by atoms with Crippen LogP contribution < -0.4 is 25.5 Å². The van der Waals surface area contributed by atoms with Gasteiger partial charge in [-0.15, -0.1) is 11.3 Å². The Morgan fingerprint density at radius 1 is 0.400 bits per heavy atom. The molecule has 85 heavy (non-hydrogen) atoms. The van der Waals surface area contributed by atoms with Crippen molar-refractivity contribution in [3.63, 3.8) is 0 Å². The highest BCUT2D eigenvalue weighted by Gasteiger charge is 2.57. The Morgan fingerprint density at radius 3 is 1.44 bits per heavy atom. The Labute approximate surface area is 506 Å². The molecule has 0 bridgehead atoms. The highest BCUT2D eigenvalue weighted by molar-refractivity contribution is 7.30. The second-order valence-electron chi connectivity index (χ2n) is 29.0. The molecule has 0 radical (unpaired) electrons. The Morgan fingerprint density at radius 2 is 0.871 bits per heavy atom. The van der Waals surface area contributed by atoms with Gasteiger partial charge >= 0.3 is 0 Å². The molecule has 2 aliphatic heterocycles. The zero-order valence-electron chi connectivity index (χ0n) is 51.4. The topological polar surface area (TPSA) is 11.4 Å². The molecule has 1 spiro atoms. The molecular weight excluding hydrogens is 1050 g/mol. The van der Waals surface area contributed by atoms with E-state index in [-0.39, 0.29) is 28.4 Å². The number of hydrogen-bond donors (Lipinski definition) is 0. The van der Waals surface area contributed by atoms with Crippen LogP contribution in [0.3, 0.4) is 0 Å². The van der Waals surface area contributed by atoms with Crippen LogP contribution in [-0.4, -0.2) is 11.3 Å². The van der Waals surface area contributed by atoms with Crippen molar-refractivity contribution in [1.82, 2.24) is 4.57 Å². The summed E-state index contributed by atoms with van der Waals surface area (Å²) in [5, 5.41) is 5.06. The van der Waals surface area contributed by atoms with E-state index in [1.165, 1.54) is 160 Å². The predicted octanol–water partition coefficient (Wildman–Crippen LogP) is 19.9. The van der Waals surface area contributed by atoms with Crippen LogP contribution in [0.15, 0.2) is 200 Å². The zero-order chi connectivity index (χ0) is 58.6. The van der Waals surface area contributed by atoms with Crippen LogP contribution in [0.2, 0.25) is 0 Å². The molecule has 4 heterocycles. The van der Waals surface area contributed by atoms with E-state index in [1.54, 1.807) is 0 Å². The van der Waals surface area contributed by atoms with Crippen LogP contribution in [0, 0.1) is 6.92 Å². The van der Waals surface area contributed by atoms with Gasteiger partial charge in [-0.1, -0.05) is 223 Å². The van der Waals surface area contributed by atoms with Crippen molar-refractivity contribution in [3.05, 3.63) is 250 Å². The summed E-state index contributed by atoms with van der Waals surface area (Å²) in [6, 6.07) is 78.3. The molecule has 16 rings (SSSR count). The number of thiophene rings is 1. The number of hydrogen-bond acceptors (Lipinski definition) is 3. The molecule has 12 aromatic rings. The molecule has 5 heteroatoms. The van der Waals surface area contributed by atoms with E-state index in [4.69, 9.17) is 0 Å². The summed E-state index contributed by atoms with van der Waals surface area (Å²) in [5.74, 6) is 0. The lowest BCUT2D eigenvalue weighted by Gasteiger charge is -2.44. The van der Waals surface area contributed by atoms with Gasteiger partial charge in [-0.05, 0) is 167 Å². The van der Waals surface area contributed by atoms with Gasteiger partial charge in [0.2, 0.25) is 0 Å². The van der Waals surface area contributed by atoms with Crippen molar-refractivity contribution in [2.75, 3.05) is 9.80 Å². The lowest BCUT2D eigenvalue weighted by Crippen LogP contribution is -2.60. The monoisotopic (exact) mass is 1120 g/mol. The highest BCUT2D eigenvalue weighted by Crippen LogP contribution is 2.67. The summed E-state index contributed by atoms with van der Waals surface area (Å²) in [5.41, 5.74) is 28.8. The summed E-state index contributed by atoms with van der Waals surface area (Å²) >= 11 is 2.08. The van der Waals surface area contributed by atoms with Crippen molar-refractivity contribution in [3.8, 4) is 27.9 Å². The van der Waals surface area contributed by atoms with Gasteiger partial charge in [-0.2, -0.15) is 0 Å². The van der Waals surface area contributed by atoms with Crippen molar-refractivity contribution in [2.45, 2.75) is 117 Å². The summed E-state index contributed by atoms with van der Waals surface area (Å²) in [6.45, 7) is 30.8. The summed E-state index contributed by atoms with van der Waals surface area (Å²) in [7, 11) is 0. The minimum Gasteiger partial charge on any atom is -0.311 e. The third-order valence-corrected chi connectivity index (χ3v) is 20.9. The van der Waals surface area contributed by atoms with Crippen molar-refractivity contribution < 1.29 is 0 Å². The number of aryl methyl sites for hydroxylation is 1. The second kappa shape index (κ2) is 17.6. The fourth-order valence-corrected chi connectivity index (χ4v) is 16.9. The first-order chi connectivity index (χ1) is 40.6. The van der Waals surface area contributed by atoms with Gasteiger partial charge in [-0.3, -0.25) is 0 Å². The van der Waals surface area contributed by atoms with E-state index in [9.17, 15) is 0 Å². The van der Waals surface area contributed by atoms with E-state index in [1.807, 2.05) is 0 Å². The van der Waals surface area contributed by atoms with E-state index in [2.05, 4.69) is 316 Å². The number of nitrogens with zero attached hydrogens (tertiary/aromatic N) is 3. The SMILES string of the molecule is Cc1cc2c3c(c1)N(c1cc(C(C)(C)C)cc(C(C)(C)C)c1)c1c(ccc4ccccc14)B3c1sc3c(c1N2c1cc(C(C)(C)C)cc(C(C)(C)C)c1)-c1ccccc1C31c2ccccc2-c2ccc(-n3c4ccccc4c4ccccc43)cc21. The average molecular weight is 1120 g/mol. The Kier molecular flexibility index (Phi) is 10.8. The molecule has 10 aromatic carbocycles. The van der Waals surface area contributed by atoms with Gasteiger partial charge in [-0.25, -0.2) is 0 Å². The highest BCUT2D eigenvalue weighted by atomic mass is 32.1. The van der Waals surface area contributed by atoms with Crippen LogP contribution in [-0.2, 0) is 27.1 Å². The summed E-state index contributed by atoms with van der Waals surface area (Å²) in [4.78, 5) is 6.86. The molecule has 1 unspecified atom stereocenters. The quantitative estimate of drug-likeness (QED) is 0.163. The predicted molar refractivity (Wildman–Crippen MR) is 366 cm³/mol. The maximum Gasteiger partial charge on any atom is 0.264 e. The first-order valence-corrected chi connectivity index (χ1v) is 31.5. The molecule has 416 valence electrons. The van der Waals surface area contributed by atoms with Gasteiger partial charge < -0.3 is 14.4 Å². The molecule has 0 amide bonds. The van der Waals surface area contributed by atoms with Crippen molar-refractivity contribution in [1.29, 1.82) is 0 Å². The van der Waals surface area contributed by atoms with E-state index >= 15 is 0 Å². The number of para-hydroxylation sites is 2. The third kappa shape index (κ3) is 7.32. The molecule has 4 aliphatic rings. The molecule has 2 aliphatic carbocycles. The smallest absolute Gasteiger partial charge is 0.264 e. The number of aromatic nitrogens is 1. The largest absolute Gasteiger partial charge is 0.311 e.